The van der Waals surface area contributed by atoms with Gasteiger partial charge in [0.05, 0.1) is 7.11 Å². The molecule has 0 saturated heterocycles. The molecule has 144 valence electrons. The molecular formula is C21H15BrN4O3. The molecule has 7 nitrogen and oxygen atoms in total. The fraction of sp³-hybridized carbons (Fsp3) is 0.0952. The summed E-state index contributed by atoms with van der Waals surface area (Å²) in [6, 6.07) is 16.3. The Balaban J connectivity index is 2.10. The van der Waals surface area contributed by atoms with Gasteiger partial charge in [0, 0.05) is 15.6 Å². The highest BCUT2D eigenvalue weighted by Crippen LogP contribution is 2.32. The molecule has 0 amide bonds. The van der Waals surface area contributed by atoms with Gasteiger partial charge in [-0.3, -0.25) is 4.79 Å². The van der Waals surface area contributed by atoms with Crippen molar-refractivity contribution in [3.8, 4) is 34.8 Å². The van der Waals surface area contributed by atoms with Crippen molar-refractivity contribution in [3.05, 3.63) is 74.0 Å². The Bertz CT molecular complexity index is 1220. The second-order valence-corrected chi connectivity index (χ2v) is 6.90. The molecule has 0 unspecified atom stereocenters. The molecular weight excluding hydrogens is 436 g/mol. The van der Waals surface area contributed by atoms with Gasteiger partial charge >= 0.3 is 0 Å². The summed E-state index contributed by atoms with van der Waals surface area (Å²) in [5.74, 6) is 1.13. The Hall–Kier alpha value is -3.75. The van der Waals surface area contributed by atoms with Gasteiger partial charge in [0.1, 0.15) is 47.2 Å². The van der Waals surface area contributed by atoms with Gasteiger partial charge in [0.25, 0.3) is 5.56 Å². The Labute approximate surface area is 175 Å². The molecule has 0 atom stereocenters. The van der Waals surface area contributed by atoms with Crippen molar-refractivity contribution in [1.29, 1.82) is 10.5 Å². The van der Waals surface area contributed by atoms with Gasteiger partial charge < -0.3 is 20.2 Å². The molecule has 1 aromatic heterocycles. The number of nitrogens with one attached hydrogen (secondary N) is 1. The highest BCUT2D eigenvalue weighted by Gasteiger charge is 2.19. The van der Waals surface area contributed by atoms with Crippen molar-refractivity contribution >= 4 is 21.7 Å². The summed E-state index contributed by atoms with van der Waals surface area (Å²) in [6.45, 7) is 0.177. The van der Waals surface area contributed by atoms with E-state index in [4.69, 9.17) is 15.2 Å². The van der Waals surface area contributed by atoms with Crippen LogP contribution in [0.4, 0.5) is 5.82 Å². The molecule has 0 radical (unpaired) electrons. The summed E-state index contributed by atoms with van der Waals surface area (Å²) in [4.78, 5) is 14.5. The zero-order valence-corrected chi connectivity index (χ0v) is 16.9. The van der Waals surface area contributed by atoms with Gasteiger partial charge in [-0.2, -0.15) is 10.5 Å². The van der Waals surface area contributed by atoms with Gasteiger partial charge in [-0.05, 0) is 35.9 Å². The van der Waals surface area contributed by atoms with Crippen LogP contribution < -0.4 is 20.8 Å². The molecule has 0 spiro atoms. The third-order valence-corrected chi connectivity index (χ3v) is 4.72. The summed E-state index contributed by atoms with van der Waals surface area (Å²) < 4.78 is 12.1. The number of aromatic amines is 1. The second-order valence-electron chi connectivity index (χ2n) is 5.99. The molecule has 3 N–H and O–H groups in total. The SMILES string of the molecule is COc1ccc(-c2c(C#N)c(N)[nH]c(=O)c2C#N)cc1COc1cccc(Br)c1. The number of nitrogens with zero attached hydrogens (tertiary/aromatic N) is 2. The Morgan fingerprint density at radius 3 is 2.55 bits per heavy atom. The Kier molecular flexibility index (Phi) is 5.87. The minimum Gasteiger partial charge on any atom is -0.496 e. The van der Waals surface area contributed by atoms with Crippen LogP contribution in [0, 0.1) is 22.7 Å². The number of hydrogen-bond donors (Lipinski definition) is 2. The minimum atomic E-state index is -0.651. The first-order chi connectivity index (χ1) is 14.0. The minimum absolute atomic E-state index is 0.0326. The quantitative estimate of drug-likeness (QED) is 0.609. The van der Waals surface area contributed by atoms with Crippen molar-refractivity contribution in [2.24, 2.45) is 0 Å². The van der Waals surface area contributed by atoms with E-state index in [9.17, 15) is 15.3 Å². The maximum absolute atomic E-state index is 12.2. The van der Waals surface area contributed by atoms with E-state index in [-0.39, 0.29) is 29.1 Å². The summed E-state index contributed by atoms with van der Waals surface area (Å²) in [5, 5.41) is 18.9. The van der Waals surface area contributed by atoms with Crippen molar-refractivity contribution < 1.29 is 9.47 Å². The van der Waals surface area contributed by atoms with Gasteiger partial charge in [-0.25, -0.2) is 0 Å². The van der Waals surface area contributed by atoms with Gasteiger partial charge in [-0.1, -0.05) is 28.1 Å². The van der Waals surface area contributed by atoms with Crippen molar-refractivity contribution in [3.63, 3.8) is 0 Å². The summed E-state index contributed by atoms with van der Waals surface area (Å²) in [6.07, 6.45) is 0. The fourth-order valence-electron chi connectivity index (χ4n) is 2.90. The lowest BCUT2D eigenvalue weighted by Crippen LogP contribution is -2.16. The standard InChI is InChI=1S/C21H15BrN4O3/c1-28-18-6-5-12(7-13(18)11-29-15-4-2-3-14(22)8-15)19-16(9-23)20(25)26-21(27)17(19)10-24/h2-8H,11H2,1H3,(H3,25,26,27). The smallest absolute Gasteiger partial charge is 0.268 e. The molecule has 3 aromatic rings. The maximum Gasteiger partial charge on any atom is 0.268 e. The number of anilines is 1. The zero-order valence-electron chi connectivity index (χ0n) is 15.3. The van der Waals surface area contributed by atoms with Crippen molar-refractivity contribution in [2.75, 3.05) is 12.8 Å². The molecule has 3 rings (SSSR count). The second kappa shape index (κ2) is 8.51. The lowest BCUT2D eigenvalue weighted by atomic mass is 9.95. The van der Waals surface area contributed by atoms with E-state index in [0.29, 0.717) is 22.6 Å². The molecule has 0 aliphatic carbocycles. The first kappa shape index (κ1) is 20.0. The van der Waals surface area contributed by atoms with E-state index in [1.54, 1.807) is 18.2 Å². The zero-order chi connectivity index (χ0) is 21.0. The van der Waals surface area contributed by atoms with Crippen LogP contribution >= 0.6 is 15.9 Å². The van der Waals surface area contributed by atoms with E-state index in [1.165, 1.54) is 7.11 Å². The third kappa shape index (κ3) is 4.08. The van der Waals surface area contributed by atoms with E-state index < -0.39 is 5.56 Å². The summed E-state index contributed by atoms with van der Waals surface area (Å²) in [7, 11) is 1.53. The predicted octanol–water partition coefficient (Wildman–Crippen LogP) is 3.72. The molecule has 2 aromatic carbocycles. The Morgan fingerprint density at radius 1 is 1.14 bits per heavy atom. The average molecular weight is 451 g/mol. The molecule has 0 fully saturated rings. The highest BCUT2D eigenvalue weighted by atomic mass is 79.9. The van der Waals surface area contributed by atoms with Crippen LogP contribution in [0.15, 0.2) is 51.7 Å². The number of benzene rings is 2. The fourth-order valence-corrected chi connectivity index (χ4v) is 3.27. The van der Waals surface area contributed by atoms with Crippen LogP contribution in [0.25, 0.3) is 11.1 Å². The topological polar surface area (TPSA) is 125 Å². The number of rotatable bonds is 5. The number of halogens is 1. The van der Waals surface area contributed by atoms with Gasteiger partial charge in [0.15, 0.2) is 0 Å². The average Bonchev–Trinajstić information content (AvgIpc) is 2.71. The van der Waals surface area contributed by atoms with E-state index in [1.807, 2.05) is 36.4 Å². The largest absolute Gasteiger partial charge is 0.496 e. The van der Waals surface area contributed by atoms with E-state index >= 15 is 0 Å². The molecule has 0 aliphatic heterocycles. The van der Waals surface area contributed by atoms with E-state index in [0.717, 1.165) is 4.47 Å². The number of methoxy groups -OCH3 is 1. The van der Waals surface area contributed by atoms with Crippen LogP contribution in [0.5, 0.6) is 11.5 Å². The lowest BCUT2D eigenvalue weighted by Gasteiger charge is -2.14. The number of aromatic nitrogens is 1. The number of nitrogens with two attached hydrogens (primary N) is 1. The number of H-pyrrole nitrogens is 1. The van der Waals surface area contributed by atoms with Crippen LogP contribution in [-0.4, -0.2) is 12.1 Å². The molecule has 0 bridgehead atoms. The number of nitrogen functional groups attached to an aromatic ring is 1. The predicted molar refractivity (Wildman–Crippen MR) is 111 cm³/mol. The molecule has 0 aliphatic rings. The van der Waals surface area contributed by atoms with Crippen LogP contribution in [0.3, 0.4) is 0 Å². The molecule has 29 heavy (non-hydrogen) atoms. The number of ether oxygens (including phenoxy) is 2. The van der Waals surface area contributed by atoms with Gasteiger partial charge in [0.2, 0.25) is 0 Å². The summed E-state index contributed by atoms with van der Waals surface area (Å²) >= 11 is 3.39. The van der Waals surface area contributed by atoms with Gasteiger partial charge in [-0.15, -0.1) is 0 Å². The van der Waals surface area contributed by atoms with E-state index in [2.05, 4.69) is 20.9 Å². The first-order valence-corrected chi connectivity index (χ1v) is 9.19. The lowest BCUT2D eigenvalue weighted by molar-refractivity contribution is 0.296. The van der Waals surface area contributed by atoms with Crippen molar-refractivity contribution in [1.82, 2.24) is 4.98 Å². The molecule has 0 saturated carbocycles. The maximum atomic E-state index is 12.2. The summed E-state index contributed by atoms with van der Waals surface area (Å²) in [5.41, 5.74) is 6.35. The van der Waals surface area contributed by atoms with Crippen molar-refractivity contribution in [2.45, 2.75) is 6.61 Å². The highest BCUT2D eigenvalue weighted by molar-refractivity contribution is 9.10. The van der Waals surface area contributed by atoms with Crippen LogP contribution in [-0.2, 0) is 6.61 Å². The molecule has 8 heteroatoms. The number of pyridine rings is 1. The normalized spacial score (nSPS) is 10.1. The molecule has 1 heterocycles. The monoisotopic (exact) mass is 450 g/mol. The Morgan fingerprint density at radius 2 is 1.90 bits per heavy atom. The first-order valence-electron chi connectivity index (χ1n) is 8.40. The number of nitriles is 2. The number of hydrogen-bond acceptors (Lipinski definition) is 6. The van der Waals surface area contributed by atoms with Crippen LogP contribution in [0.1, 0.15) is 16.7 Å². The van der Waals surface area contributed by atoms with Crippen LogP contribution in [0.2, 0.25) is 0 Å². The third-order valence-electron chi connectivity index (χ3n) is 4.23.